The number of thiazole rings is 1. The Hall–Kier alpha value is -4.35. The molecule has 3 heterocycles. The van der Waals surface area contributed by atoms with Gasteiger partial charge in [0.05, 0.1) is 31.1 Å². The zero-order valence-electron chi connectivity index (χ0n) is 17.2. The average molecular weight is 462 g/mol. The lowest BCUT2D eigenvalue weighted by molar-refractivity contribution is -0.118. The molecular weight excluding hydrogens is 447 g/mol. The number of ether oxygens (including phenoxy) is 1. The monoisotopic (exact) mass is 462 g/mol. The Morgan fingerprint density at radius 1 is 1.36 bits per heavy atom. The maximum atomic E-state index is 13.5. The van der Waals surface area contributed by atoms with Crippen molar-refractivity contribution in [3.63, 3.8) is 0 Å². The van der Waals surface area contributed by atoms with E-state index in [1.165, 1.54) is 34.4 Å². The number of aromatic nitrogens is 3. The normalized spacial score (nSPS) is 15.1. The molecular formula is C22H15FN6O3S. The summed E-state index contributed by atoms with van der Waals surface area (Å²) in [5, 5.41) is 11.3. The summed E-state index contributed by atoms with van der Waals surface area (Å²) in [6.45, 7) is 0.209. The van der Waals surface area contributed by atoms with Gasteiger partial charge in [0.15, 0.2) is 10.8 Å². The summed E-state index contributed by atoms with van der Waals surface area (Å²) in [5.74, 6) is 1.10. The predicted octanol–water partition coefficient (Wildman–Crippen LogP) is 2.39. The summed E-state index contributed by atoms with van der Waals surface area (Å²) in [7, 11) is 1.43. The summed E-state index contributed by atoms with van der Waals surface area (Å²) in [6.07, 6.45) is 7.55. The van der Waals surface area contributed by atoms with Gasteiger partial charge in [-0.1, -0.05) is 0 Å². The molecule has 33 heavy (non-hydrogen) atoms. The smallest absolute Gasteiger partial charge is 0.278 e. The Morgan fingerprint density at radius 2 is 2.12 bits per heavy atom. The van der Waals surface area contributed by atoms with Crippen LogP contribution in [0, 0.1) is 29.5 Å². The summed E-state index contributed by atoms with van der Waals surface area (Å²) >= 11 is 1.13. The van der Waals surface area contributed by atoms with Gasteiger partial charge in [0.25, 0.3) is 11.8 Å². The summed E-state index contributed by atoms with van der Waals surface area (Å²) in [6, 6.07) is 5.63. The van der Waals surface area contributed by atoms with Crippen LogP contribution in [0.15, 0.2) is 36.0 Å². The molecule has 0 radical (unpaired) electrons. The third kappa shape index (κ3) is 4.22. The standard InChI is InChI=1S/C22H15FN6O3S/c1-3-19-27-17(12-33-19)20(30)29(15-6-13(9-24)7-16(8-15)32-2)18-4-5-28(21(18)31)22-25-10-14(23)11-26-22/h1,6-8,10-12,18H,4-5H2,2H3. The summed E-state index contributed by atoms with van der Waals surface area (Å²) < 4.78 is 18.5. The highest BCUT2D eigenvalue weighted by Crippen LogP contribution is 2.31. The van der Waals surface area contributed by atoms with Crippen LogP contribution in [0.4, 0.5) is 16.0 Å². The zero-order valence-corrected chi connectivity index (χ0v) is 18.0. The minimum Gasteiger partial charge on any atom is -0.497 e. The Balaban J connectivity index is 1.77. The van der Waals surface area contributed by atoms with Crippen LogP contribution in [0.3, 0.4) is 0 Å². The molecule has 11 heteroatoms. The maximum absolute atomic E-state index is 13.5. The predicted molar refractivity (Wildman–Crippen MR) is 117 cm³/mol. The largest absolute Gasteiger partial charge is 0.497 e. The van der Waals surface area contributed by atoms with Gasteiger partial charge in [-0.3, -0.25) is 19.4 Å². The number of benzene rings is 1. The molecule has 3 aromatic rings. The van der Waals surface area contributed by atoms with Crippen molar-refractivity contribution in [3.05, 3.63) is 58.1 Å². The van der Waals surface area contributed by atoms with Crippen molar-refractivity contribution in [2.24, 2.45) is 0 Å². The first-order valence-corrected chi connectivity index (χ1v) is 10.5. The molecule has 1 aliphatic rings. The molecule has 0 aliphatic carbocycles. The van der Waals surface area contributed by atoms with Crippen molar-refractivity contribution in [2.75, 3.05) is 23.5 Å². The van der Waals surface area contributed by atoms with Crippen LogP contribution in [-0.2, 0) is 4.79 Å². The molecule has 9 nitrogen and oxygen atoms in total. The SMILES string of the molecule is C#Cc1nc(C(=O)N(c2cc(C#N)cc(OC)c2)C2CCN(c3ncc(F)cn3)C2=O)cs1. The Kier molecular flexibility index (Phi) is 5.98. The van der Waals surface area contributed by atoms with Crippen LogP contribution in [0.5, 0.6) is 5.75 Å². The van der Waals surface area contributed by atoms with Gasteiger partial charge in [0, 0.05) is 23.7 Å². The lowest BCUT2D eigenvalue weighted by Crippen LogP contribution is -2.46. The molecule has 1 unspecified atom stereocenters. The van der Waals surface area contributed by atoms with E-state index in [0.29, 0.717) is 10.8 Å². The number of hydrogen-bond acceptors (Lipinski definition) is 8. The Bertz CT molecular complexity index is 1310. The van der Waals surface area contributed by atoms with Crippen molar-refractivity contribution in [1.82, 2.24) is 15.0 Å². The third-order valence-electron chi connectivity index (χ3n) is 4.94. The van der Waals surface area contributed by atoms with Crippen LogP contribution >= 0.6 is 11.3 Å². The molecule has 2 aromatic heterocycles. The van der Waals surface area contributed by atoms with Crippen molar-refractivity contribution < 1.29 is 18.7 Å². The second kappa shape index (κ2) is 9.02. The van der Waals surface area contributed by atoms with Crippen LogP contribution in [0.2, 0.25) is 0 Å². The highest BCUT2D eigenvalue weighted by molar-refractivity contribution is 7.10. The van der Waals surface area contributed by atoms with Gasteiger partial charge in [0.2, 0.25) is 5.95 Å². The molecule has 1 aliphatic heterocycles. The van der Waals surface area contributed by atoms with E-state index in [9.17, 15) is 19.2 Å². The van der Waals surface area contributed by atoms with Gasteiger partial charge in [-0.05, 0) is 24.5 Å². The average Bonchev–Trinajstić information content (AvgIpc) is 3.47. The summed E-state index contributed by atoms with van der Waals surface area (Å²) in [5.41, 5.74) is 0.596. The van der Waals surface area contributed by atoms with Gasteiger partial charge in [0.1, 0.15) is 17.5 Å². The fourth-order valence-corrected chi connectivity index (χ4v) is 4.05. The van der Waals surface area contributed by atoms with Gasteiger partial charge >= 0.3 is 0 Å². The number of halogens is 1. The number of nitrogens with zero attached hydrogens (tertiary/aromatic N) is 6. The van der Waals surface area contributed by atoms with E-state index in [2.05, 4.69) is 20.9 Å². The Morgan fingerprint density at radius 3 is 2.76 bits per heavy atom. The first-order valence-electron chi connectivity index (χ1n) is 9.59. The van der Waals surface area contributed by atoms with Crippen LogP contribution in [-0.4, -0.2) is 46.5 Å². The van der Waals surface area contributed by atoms with Crippen LogP contribution < -0.4 is 14.5 Å². The number of carbonyl (C=O) groups is 2. The number of rotatable bonds is 5. The van der Waals surface area contributed by atoms with E-state index in [0.717, 1.165) is 23.7 Å². The molecule has 2 amide bonds. The van der Waals surface area contributed by atoms with Crippen LogP contribution in [0.1, 0.15) is 27.5 Å². The number of terminal acetylenes is 1. The molecule has 1 saturated heterocycles. The zero-order chi connectivity index (χ0) is 23.5. The van der Waals surface area contributed by atoms with Gasteiger partial charge in [-0.15, -0.1) is 17.8 Å². The molecule has 0 N–H and O–H groups in total. The molecule has 4 rings (SSSR count). The number of nitriles is 1. The minimum atomic E-state index is -0.944. The Labute approximate surface area is 192 Å². The van der Waals surface area contributed by atoms with Gasteiger partial charge < -0.3 is 4.74 Å². The highest BCUT2D eigenvalue weighted by Gasteiger charge is 2.41. The molecule has 0 spiro atoms. The first kappa shape index (κ1) is 21.9. The van der Waals surface area contributed by atoms with Crippen molar-refractivity contribution >= 4 is 34.8 Å². The van der Waals surface area contributed by atoms with Crippen molar-refractivity contribution in [3.8, 4) is 24.2 Å². The van der Waals surface area contributed by atoms with Crippen molar-refractivity contribution in [2.45, 2.75) is 12.5 Å². The number of carbonyl (C=O) groups excluding carboxylic acids is 2. The minimum absolute atomic E-state index is 0.0305. The lowest BCUT2D eigenvalue weighted by atomic mass is 10.1. The summed E-state index contributed by atoms with van der Waals surface area (Å²) in [4.78, 5) is 41.3. The van der Waals surface area contributed by atoms with E-state index in [1.54, 1.807) is 6.07 Å². The maximum Gasteiger partial charge on any atom is 0.278 e. The number of hydrogen-bond donors (Lipinski definition) is 0. The van der Waals surface area contributed by atoms with Gasteiger partial charge in [-0.25, -0.2) is 19.3 Å². The topological polar surface area (TPSA) is 112 Å². The fourth-order valence-electron chi connectivity index (χ4n) is 3.45. The van der Waals surface area contributed by atoms with E-state index >= 15 is 0 Å². The number of anilines is 2. The number of amides is 2. The fraction of sp³-hybridized carbons (Fsp3) is 0.182. The highest BCUT2D eigenvalue weighted by atomic mass is 32.1. The van der Waals surface area contributed by atoms with E-state index < -0.39 is 23.7 Å². The first-order chi connectivity index (χ1) is 15.9. The molecule has 0 bridgehead atoms. The van der Waals surface area contributed by atoms with E-state index in [4.69, 9.17) is 11.2 Å². The third-order valence-corrected chi connectivity index (χ3v) is 5.71. The number of methoxy groups -OCH3 is 1. The lowest BCUT2D eigenvalue weighted by Gasteiger charge is -2.28. The second-order valence-corrected chi connectivity index (χ2v) is 7.74. The second-order valence-electron chi connectivity index (χ2n) is 6.88. The molecule has 0 saturated carbocycles. The quantitative estimate of drug-likeness (QED) is 0.535. The molecule has 1 aromatic carbocycles. The van der Waals surface area contributed by atoms with Gasteiger partial charge in [-0.2, -0.15) is 5.26 Å². The molecule has 1 atom stereocenters. The molecule has 1 fully saturated rings. The van der Waals surface area contributed by atoms with Crippen LogP contribution in [0.25, 0.3) is 0 Å². The van der Waals surface area contributed by atoms with Crippen molar-refractivity contribution in [1.29, 1.82) is 5.26 Å². The molecule has 164 valence electrons. The van der Waals surface area contributed by atoms with E-state index in [-0.39, 0.29) is 35.9 Å². The van der Waals surface area contributed by atoms with E-state index in [1.807, 2.05) is 6.07 Å².